The summed E-state index contributed by atoms with van der Waals surface area (Å²) in [6.07, 6.45) is -4.29. The molecule has 4 aliphatic rings. The van der Waals surface area contributed by atoms with Crippen molar-refractivity contribution in [1.29, 1.82) is 0 Å². The first-order chi connectivity index (χ1) is 22.3. The summed E-state index contributed by atoms with van der Waals surface area (Å²) in [5, 5.41) is 0. The van der Waals surface area contributed by atoms with Gasteiger partial charge in [-0.2, -0.15) is 23.1 Å². The van der Waals surface area contributed by atoms with Crippen LogP contribution in [0, 0.1) is 19.3 Å². The molecule has 252 valence electrons. The van der Waals surface area contributed by atoms with Gasteiger partial charge in [0.25, 0.3) is 0 Å². The number of anilines is 2. The fraction of sp³-hybridized carbons (Fsp3) is 0.562. The van der Waals surface area contributed by atoms with Gasteiger partial charge in [0.2, 0.25) is 12.5 Å². The summed E-state index contributed by atoms with van der Waals surface area (Å²) in [6.45, 7) is 14.0. The molecule has 4 aliphatic heterocycles. The van der Waals surface area contributed by atoms with E-state index in [-0.39, 0.29) is 56.7 Å². The molecule has 0 bridgehead atoms. The molecule has 2 N–H and O–H groups in total. The van der Waals surface area contributed by atoms with E-state index in [9.17, 15) is 22.4 Å². The minimum atomic E-state index is -4.87. The quantitative estimate of drug-likeness (QED) is 0.202. The number of nitrogens with zero attached hydrogens (tertiary/aromatic N) is 6. The molecule has 47 heavy (non-hydrogen) atoms. The van der Waals surface area contributed by atoms with Crippen molar-refractivity contribution in [3.05, 3.63) is 63.9 Å². The van der Waals surface area contributed by atoms with Crippen molar-refractivity contribution in [1.82, 2.24) is 19.8 Å². The Kier molecular flexibility index (Phi) is 8.77. The van der Waals surface area contributed by atoms with Crippen LogP contribution in [0.2, 0.25) is 0 Å². The standard InChI is InChI=1S/C32H36F5N7O3/c1-4-25(45)44-9-8-42(15-20(44)13-39-3)29-21-16-46-24(26-27(32(35,36)37)18(2)10-22(38)28(26)34)11-23(21)40-30(41-29)47-17-31-6-5-7-43(31)14-19(33)12-31/h4,10,19-20,24H,1,5-9,11-17,38H2,2H3/t19-,20+,24-,31+/m1/s1. The number of hydrogen-bond acceptors (Lipinski definition) is 8. The Bertz CT molecular complexity index is 1610. The second-order valence-corrected chi connectivity index (χ2v) is 12.7. The number of halogens is 5. The maximum atomic E-state index is 15.4. The third-order valence-electron chi connectivity index (χ3n) is 9.76. The molecule has 3 saturated heterocycles. The zero-order chi connectivity index (χ0) is 33.7. The first-order valence-corrected chi connectivity index (χ1v) is 15.6. The molecular formula is C32H36F5N7O3. The van der Waals surface area contributed by atoms with Gasteiger partial charge in [0.05, 0.1) is 35.2 Å². The average molecular weight is 662 g/mol. The molecule has 1 amide bonds. The first-order valence-electron chi connectivity index (χ1n) is 15.6. The maximum absolute atomic E-state index is 15.4. The lowest BCUT2D eigenvalue weighted by atomic mass is 9.91. The monoisotopic (exact) mass is 661 g/mol. The van der Waals surface area contributed by atoms with E-state index >= 15 is 4.39 Å². The number of nitrogen functional groups attached to an aromatic ring is 1. The molecule has 0 spiro atoms. The highest BCUT2D eigenvalue weighted by Crippen LogP contribution is 2.45. The topological polar surface area (TPSA) is 101 Å². The molecule has 0 saturated carbocycles. The van der Waals surface area contributed by atoms with Crippen molar-refractivity contribution in [3.63, 3.8) is 0 Å². The fourth-order valence-electron chi connectivity index (χ4n) is 7.63. The van der Waals surface area contributed by atoms with Crippen LogP contribution in [0.1, 0.15) is 53.3 Å². The van der Waals surface area contributed by atoms with Crippen LogP contribution >= 0.6 is 0 Å². The molecule has 0 unspecified atom stereocenters. The Morgan fingerprint density at radius 3 is 2.81 bits per heavy atom. The van der Waals surface area contributed by atoms with Gasteiger partial charge in [-0.05, 0) is 44.0 Å². The van der Waals surface area contributed by atoms with Crippen LogP contribution < -0.4 is 15.4 Å². The Morgan fingerprint density at radius 1 is 1.30 bits per heavy atom. The van der Waals surface area contributed by atoms with Crippen LogP contribution in [0.15, 0.2) is 18.7 Å². The summed E-state index contributed by atoms with van der Waals surface area (Å²) in [4.78, 5) is 30.9. The fourth-order valence-corrected chi connectivity index (χ4v) is 7.63. The van der Waals surface area contributed by atoms with Gasteiger partial charge < -0.3 is 29.9 Å². The van der Waals surface area contributed by atoms with Crippen LogP contribution in [0.25, 0.3) is 4.85 Å². The first kappa shape index (κ1) is 32.9. The summed E-state index contributed by atoms with van der Waals surface area (Å²) in [6, 6.07) is 0.427. The number of carbonyl (C=O) groups is 1. The average Bonchev–Trinajstić information content (AvgIpc) is 3.55. The highest BCUT2D eigenvalue weighted by molar-refractivity contribution is 5.87. The summed E-state index contributed by atoms with van der Waals surface area (Å²) >= 11 is 0. The highest BCUT2D eigenvalue weighted by atomic mass is 19.4. The minimum absolute atomic E-state index is 0.0301. The molecule has 15 heteroatoms. The Labute approximate surface area is 269 Å². The lowest BCUT2D eigenvalue weighted by Crippen LogP contribution is -2.56. The van der Waals surface area contributed by atoms with E-state index in [2.05, 4.69) is 21.3 Å². The molecule has 4 atom stereocenters. The number of amides is 1. The number of rotatable bonds is 7. The number of ether oxygens (including phenoxy) is 2. The molecule has 0 radical (unpaired) electrons. The van der Waals surface area contributed by atoms with E-state index < -0.39 is 52.7 Å². The lowest BCUT2D eigenvalue weighted by Gasteiger charge is -2.40. The zero-order valence-corrected chi connectivity index (χ0v) is 26.0. The summed E-state index contributed by atoms with van der Waals surface area (Å²) in [5.41, 5.74) is 3.59. The maximum Gasteiger partial charge on any atom is 0.417 e. The van der Waals surface area contributed by atoms with Crippen molar-refractivity contribution in [2.24, 2.45) is 0 Å². The van der Waals surface area contributed by atoms with Crippen LogP contribution in [0.3, 0.4) is 0 Å². The minimum Gasteiger partial charge on any atom is -0.461 e. The van der Waals surface area contributed by atoms with Gasteiger partial charge in [0.1, 0.15) is 24.6 Å². The number of hydrogen-bond donors (Lipinski definition) is 1. The van der Waals surface area contributed by atoms with Crippen molar-refractivity contribution in [2.45, 2.75) is 69.2 Å². The van der Waals surface area contributed by atoms with Gasteiger partial charge in [-0.3, -0.25) is 9.69 Å². The molecule has 1 aromatic heterocycles. The predicted molar refractivity (Wildman–Crippen MR) is 162 cm³/mol. The lowest BCUT2D eigenvalue weighted by molar-refractivity contribution is -0.140. The Balaban J connectivity index is 1.38. The second kappa shape index (κ2) is 12.5. The van der Waals surface area contributed by atoms with E-state index in [1.54, 1.807) is 4.90 Å². The number of nitrogens with two attached hydrogens (primary N) is 1. The van der Waals surface area contributed by atoms with Crippen LogP contribution in [0.4, 0.5) is 33.5 Å². The molecule has 10 nitrogen and oxygen atoms in total. The van der Waals surface area contributed by atoms with Crippen molar-refractivity contribution < 1.29 is 36.2 Å². The summed E-state index contributed by atoms with van der Waals surface area (Å²) in [5.74, 6) is -1.12. The SMILES string of the molecule is [C-]#[N+]C[C@H]1CN(c2nc(OC[C@@]34CCCN3C[C@H](F)C4)nc3c2CO[C@@H](c2c(F)c(N)cc(C)c2C(F)(F)F)C3)CCN1C(=O)C=C. The molecule has 3 fully saturated rings. The smallest absolute Gasteiger partial charge is 0.417 e. The number of alkyl halides is 4. The number of piperazine rings is 1. The third-order valence-corrected chi connectivity index (χ3v) is 9.76. The van der Waals surface area contributed by atoms with E-state index in [4.69, 9.17) is 26.8 Å². The second-order valence-electron chi connectivity index (χ2n) is 12.7. The number of carbonyl (C=O) groups excluding carboxylic acids is 1. The van der Waals surface area contributed by atoms with Gasteiger partial charge in [0, 0.05) is 50.1 Å². The zero-order valence-electron chi connectivity index (χ0n) is 26.0. The molecule has 2 aromatic rings. The normalized spacial score (nSPS) is 26.1. The van der Waals surface area contributed by atoms with Crippen LogP contribution in [0.5, 0.6) is 6.01 Å². The van der Waals surface area contributed by atoms with Crippen LogP contribution in [-0.2, 0) is 28.7 Å². The number of benzene rings is 1. The van der Waals surface area contributed by atoms with Crippen molar-refractivity contribution in [2.75, 3.05) is 56.5 Å². The van der Waals surface area contributed by atoms with E-state index in [0.717, 1.165) is 25.5 Å². The number of aryl methyl sites for hydroxylation is 1. The van der Waals surface area contributed by atoms with E-state index in [0.29, 0.717) is 36.6 Å². The largest absolute Gasteiger partial charge is 0.461 e. The van der Waals surface area contributed by atoms with Gasteiger partial charge in [-0.25, -0.2) is 15.4 Å². The van der Waals surface area contributed by atoms with E-state index in [1.807, 2.05) is 4.90 Å². The number of aromatic nitrogens is 2. The highest BCUT2D eigenvalue weighted by Gasteiger charge is 2.49. The van der Waals surface area contributed by atoms with Gasteiger partial charge >= 0.3 is 12.2 Å². The Hall–Kier alpha value is -4.03. The molecule has 0 aliphatic carbocycles. The Morgan fingerprint density at radius 2 is 2.09 bits per heavy atom. The molecule has 6 rings (SSSR count). The summed E-state index contributed by atoms with van der Waals surface area (Å²) < 4.78 is 84.7. The van der Waals surface area contributed by atoms with Crippen molar-refractivity contribution >= 4 is 17.4 Å². The molecular weight excluding hydrogens is 625 g/mol. The summed E-state index contributed by atoms with van der Waals surface area (Å²) in [7, 11) is 0. The van der Waals surface area contributed by atoms with Gasteiger partial charge in [0.15, 0.2) is 5.82 Å². The van der Waals surface area contributed by atoms with Gasteiger partial charge in [-0.15, -0.1) is 0 Å². The predicted octanol–water partition coefficient (Wildman–Crippen LogP) is 4.42. The number of fused-ring (bicyclic) bond motifs is 2. The van der Waals surface area contributed by atoms with E-state index in [1.165, 1.54) is 13.0 Å². The molecule has 5 heterocycles. The van der Waals surface area contributed by atoms with Crippen LogP contribution in [-0.4, -0.2) is 89.3 Å². The molecule has 1 aromatic carbocycles. The van der Waals surface area contributed by atoms with Gasteiger partial charge in [-0.1, -0.05) is 6.58 Å². The third kappa shape index (κ3) is 6.09. The van der Waals surface area contributed by atoms with Crippen molar-refractivity contribution in [3.8, 4) is 6.01 Å².